The maximum Gasteiger partial charge on any atom is 0.415 e. The van der Waals surface area contributed by atoms with Crippen molar-refractivity contribution >= 4 is 15.8 Å². The van der Waals surface area contributed by atoms with Crippen molar-refractivity contribution in [2.45, 2.75) is 17.2 Å². The number of anilines is 1. The summed E-state index contributed by atoms with van der Waals surface area (Å²) in [5, 5.41) is 0. The van der Waals surface area contributed by atoms with Crippen LogP contribution < -0.4 is 5.73 Å². The Labute approximate surface area is 148 Å². The number of nitrogens with zero attached hydrogens (tertiary/aromatic N) is 2. The van der Waals surface area contributed by atoms with E-state index in [4.69, 9.17) is 5.73 Å². The van der Waals surface area contributed by atoms with Crippen molar-refractivity contribution in [2.75, 3.05) is 25.4 Å². The van der Waals surface area contributed by atoms with Crippen LogP contribution >= 0.6 is 0 Å². The summed E-state index contributed by atoms with van der Waals surface area (Å²) in [7, 11) is -4.04. The highest BCUT2D eigenvalue weighted by molar-refractivity contribution is 7.89. The summed E-state index contributed by atoms with van der Waals surface area (Å²) in [6.07, 6.45) is -5.18. The molecule has 1 aliphatic heterocycles. The van der Waals surface area contributed by atoms with Gasteiger partial charge < -0.3 is 10.5 Å². The number of nitrogen functional groups attached to an aromatic ring is 1. The van der Waals surface area contributed by atoms with E-state index < -0.39 is 28.8 Å². The number of sulfonamides is 1. The van der Waals surface area contributed by atoms with Gasteiger partial charge in [0, 0.05) is 24.8 Å². The zero-order chi connectivity index (χ0) is 18.9. The van der Waals surface area contributed by atoms with Gasteiger partial charge in [0.1, 0.15) is 5.82 Å². The van der Waals surface area contributed by atoms with Gasteiger partial charge in [0.25, 0.3) is 0 Å². The molecule has 0 radical (unpaired) electrons. The van der Waals surface area contributed by atoms with Crippen LogP contribution in [0.25, 0.3) is 11.1 Å². The van der Waals surface area contributed by atoms with E-state index in [2.05, 4.69) is 9.72 Å². The number of benzene rings is 1. The third kappa shape index (κ3) is 3.81. The Kier molecular flexibility index (Phi) is 4.91. The maximum atomic E-state index is 12.8. The first kappa shape index (κ1) is 18.6. The molecular weight excluding hydrogens is 371 g/mol. The predicted molar refractivity (Wildman–Crippen MR) is 88.6 cm³/mol. The zero-order valence-electron chi connectivity index (χ0n) is 13.5. The molecule has 0 aliphatic carbocycles. The lowest BCUT2D eigenvalue weighted by Crippen LogP contribution is -2.51. The smallest absolute Gasteiger partial charge is 0.384 e. The summed E-state index contributed by atoms with van der Waals surface area (Å²) in [5.74, 6) is 0.361. The van der Waals surface area contributed by atoms with Crippen LogP contribution in [0.5, 0.6) is 0 Å². The number of morpholine rings is 1. The minimum atomic E-state index is -4.61. The van der Waals surface area contributed by atoms with Crippen LogP contribution in [0.1, 0.15) is 0 Å². The molecule has 2 N–H and O–H groups in total. The predicted octanol–water partition coefficient (Wildman–Crippen LogP) is 2.28. The molecule has 26 heavy (non-hydrogen) atoms. The molecule has 1 atom stereocenters. The number of pyridine rings is 1. The molecule has 0 spiro atoms. The maximum absolute atomic E-state index is 12.8. The summed E-state index contributed by atoms with van der Waals surface area (Å²) >= 11 is 0. The lowest BCUT2D eigenvalue weighted by molar-refractivity contribution is -0.231. The van der Waals surface area contributed by atoms with Gasteiger partial charge >= 0.3 is 6.18 Å². The van der Waals surface area contributed by atoms with Crippen molar-refractivity contribution < 1.29 is 26.3 Å². The lowest BCUT2D eigenvalue weighted by Gasteiger charge is -2.33. The molecule has 10 heteroatoms. The van der Waals surface area contributed by atoms with Crippen molar-refractivity contribution in [2.24, 2.45) is 0 Å². The molecule has 3 rings (SSSR count). The van der Waals surface area contributed by atoms with Gasteiger partial charge in [0.05, 0.1) is 11.5 Å². The van der Waals surface area contributed by atoms with Crippen LogP contribution in [0.4, 0.5) is 19.0 Å². The molecule has 0 amide bonds. The molecule has 1 unspecified atom stereocenters. The normalized spacial score (nSPS) is 19.4. The summed E-state index contributed by atoms with van der Waals surface area (Å²) in [5.41, 5.74) is 6.98. The van der Waals surface area contributed by atoms with Crippen LogP contribution in [-0.2, 0) is 14.8 Å². The Balaban J connectivity index is 1.82. The largest absolute Gasteiger partial charge is 0.415 e. The number of rotatable bonds is 3. The first-order valence-electron chi connectivity index (χ1n) is 7.68. The molecule has 1 aromatic carbocycles. The number of alkyl halides is 3. The highest BCUT2D eigenvalue weighted by Gasteiger charge is 2.45. The number of halogens is 3. The number of hydrogen-bond acceptors (Lipinski definition) is 5. The van der Waals surface area contributed by atoms with Crippen molar-refractivity contribution in [3.8, 4) is 11.1 Å². The SMILES string of the molecule is Nc1ccc(-c2ccc(S(=O)(=O)N3CCOC(C(F)(F)F)C3)cc2)cn1. The molecule has 1 aromatic heterocycles. The summed E-state index contributed by atoms with van der Waals surface area (Å²) in [4.78, 5) is 3.89. The Hall–Kier alpha value is -2.17. The second kappa shape index (κ2) is 6.86. The standard InChI is InChI=1S/C16H16F3N3O3S/c17-16(18,19)14-10-22(7-8-25-14)26(23,24)13-4-1-11(2-5-13)12-3-6-15(20)21-9-12/h1-6,9,14H,7-8,10H2,(H2,20,21). The van der Waals surface area contributed by atoms with E-state index >= 15 is 0 Å². The number of aromatic nitrogens is 1. The van der Waals surface area contributed by atoms with Crippen molar-refractivity contribution in [3.05, 3.63) is 42.6 Å². The van der Waals surface area contributed by atoms with E-state index in [1.807, 2.05) is 0 Å². The Morgan fingerprint density at radius 2 is 1.77 bits per heavy atom. The van der Waals surface area contributed by atoms with Crippen LogP contribution in [-0.4, -0.2) is 49.7 Å². The van der Waals surface area contributed by atoms with Gasteiger partial charge in [-0.1, -0.05) is 12.1 Å². The quantitative estimate of drug-likeness (QED) is 0.873. The van der Waals surface area contributed by atoms with Gasteiger partial charge in [0.2, 0.25) is 10.0 Å². The van der Waals surface area contributed by atoms with E-state index in [1.54, 1.807) is 30.5 Å². The third-order valence-electron chi connectivity index (χ3n) is 4.01. The van der Waals surface area contributed by atoms with Crippen LogP contribution in [0.3, 0.4) is 0 Å². The van der Waals surface area contributed by atoms with Crippen LogP contribution in [0.15, 0.2) is 47.5 Å². The van der Waals surface area contributed by atoms with Crippen molar-refractivity contribution in [1.82, 2.24) is 9.29 Å². The Bertz CT molecular complexity index is 868. The number of ether oxygens (including phenoxy) is 1. The molecule has 1 saturated heterocycles. The fourth-order valence-electron chi connectivity index (χ4n) is 2.59. The van der Waals surface area contributed by atoms with E-state index in [-0.39, 0.29) is 18.0 Å². The molecule has 1 aliphatic rings. The lowest BCUT2D eigenvalue weighted by atomic mass is 10.1. The Morgan fingerprint density at radius 1 is 1.12 bits per heavy atom. The first-order chi connectivity index (χ1) is 12.2. The molecule has 1 fully saturated rings. The number of hydrogen-bond donors (Lipinski definition) is 1. The average Bonchev–Trinajstić information content (AvgIpc) is 2.62. The molecule has 0 saturated carbocycles. The van der Waals surface area contributed by atoms with Crippen molar-refractivity contribution in [3.63, 3.8) is 0 Å². The Morgan fingerprint density at radius 3 is 2.35 bits per heavy atom. The molecular formula is C16H16F3N3O3S. The topological polar surface area (TPSA) is 85.5 Å². The minimum Gasteiger partial charge on any atom is -0.384 e. The second-order valence-corrected chi connectivity index (χ2v) is 7.70. The monoisotopic (exact) mass is 387 g/mol. The van der Waals surface area contributed by atoms with Gasteiger partial charge in [-0.2, -0.15) is 17.5 Å². The summed E-state index contributed by atoms with van der Waals surface area (Å²) in [6, 6.07) is 9.22. The molecule has 0 bridgehead atoms. The van der Waals surface area contributed by atoms with E-state index in [1.165, 1.54) is 12.1 Å². The molecule has 2 heterocycles. The highest BCUT2D eigenvalue weighted by Crippen LogP contribution is 2.29. The summed E-state index contributed by atoms with van der Waals surface area (Å²) < 4.78 is 69.1. The number of nitrogens with two attached hydrogens (primary N) is 1. The van der Waals surface area contributed by atoms with Gasteiger partial charge in [-0.25, -0.2) is 13.4 Å². The van der Waals surface area contributed by atoms with Gasteiger partial charge in [-0.15, -0.1) is 0 Å². The fraction of sp³-hybridized carbons (Fsp3) is 0.312. The van der Waals surface area contributed by atoms with Gasteiger partial charge in [-0.3, -0.25) is 0 Å². The highest BCUT2D eigenvalue weighted by atomic mass is 32.2. The molecule has 140 valence electrons. The van der Waals surface area contributed by atoms with E-state index in [0.29, 0.717) is 11.4 Å². The van der Waals surface area contributed by atoms with Crippen molar-refractivity contribution in [1.29, 1.82) is 0 Å². The first-order valence-corrected chi connectivity index (χ1v) is 9.12. The van der Waals surface area contributed by atoms with Crippen LogP contribution in [0, 0.1) is 0 Å². The fourth-order valence-corrected chi connectivity index (χ4v) is 4.01. The second-order valence-electron chi connectivity index (χ2n) is 5.76. The van der Waals surface area contributed by atoms with Crippen LogP contribution in [0.2, 0.25) is 0 Å². The minimum absolute atomic E-state index is 0.0764. The van der Waals surface area contributed by atoms with Gasteiger partial charge in [-0.05, 0) is 29.8 Å². The average molecular weight is 387 g/mol. The third-order valence-corrected chi connectivity index (χ3v) is 5.89. The van der Waals surface area contributed by atoms with E-state index in [9.17, 15) is 21.6 Å². The summed E-state index contributed by atoms with van der Waals surface area (Å²) in [6.45, 7) is -1.19. The zero-order valence-corrected chi connectivity index (χ0v) is 14.3. The molecule has 6 nitrogen and oxygen atoms in total. The van der Waals surface area contributed by atoms with E-state index in [0.717, 1.165) is 9.87 Å². The molecule has 2 aromatic rings. The van der Waals surface area contributed by atoms with Gasteiger partial charge in [0.15, 0.2) is 6.10 Å².